The summed E-state index contributed by atoms with van der Waals surface area (Å²) >= 11 is 0. The molecule has 3 aromatic carbocycles. The summed E-state index contributed by atoms with van der Waals surface area (Å²) in [6.07, 6.45) is 0. The summed E-state index contributed by atoms with van der Waals surface area (Å²) in [7, 11) is 0. The summed E-state index contributed by atoms with van der Waals surface area (Å²) < 4.78 is 21.3. The minimum Gasteiger partial charge on any atom is -0.492 e. The molecular weight excluding hydrogens is 610 g/mol. The van der Waals surface area contributed by atoms with E-state index < -0.39 is 60.7 Å². The molecule has 1 unspecified atom stereocenters. The average molecular weight is 646 g/mol. The Kier molecular flexibility index (Phi) is 11.3. The fraction of sp³-hybridized carbons (Fsp3) is 0.294. The van der Waals surface area contributed by atoms with E-state index in [4.69, 9.17) is 18.9 Å². The van der Waals surface area contributed by atoms with E-state index >= 15 is 0 Å². The van der Waals surface area contributed by atoms with E-state index in [1.54, 1.807) is 76.2 Å². The van der Waals surface area contributed by atoms with Crippen LogP contribution in [-0.4, -0.2) is 72.9 Å². The lowest BCUT2D eigenvalue weighted by Crippen LogP contribution is -2.49. The molecule has 1 aliphatic rings. The predicted molar refractivity (Wildman–Crippen MR) is 169 cm³/mol. The number of fused-ring (bicyclic) bond motifs is 1. The molecule has 0 aliphatic carbocycles. The first-order valence-electron chi connectivity index (χ1n) is 14.9. The largest absolute Gasteiger partial charge is 0.492 e. The standard InChI is InChI=1S/C34H35N3O10/c1-5-44-26-13-9-7-11-24(26)35-28(38)18-46-33(42)21-15-16-22-23(17-21)32(41)37(31(22)40)30(20(3)4)34(43)47-19-29(39)36-25-12-8-10-14-27(25)45-6-2/h7-17,20,30H,5-6,18-19H2,1-4H3,(H,35,38)(H,36,39). The number of ether oxygens (including phenoxy) is 4. The van der Waals surface area contributed by atoms with Crippen LogP contribution in [0.25, 0.3) is 0 Å². The van der Waals surface area contributed by atoms with Crippen molar-refractivity contribution in [1.29, 1.82) is 0 Å². The van der Waals surface area contributed by atoms with Crippen molar-refractivity contribution in [3.05, 3.63) is 83.4 Å². The smallest absolute Gasteiger partial charge is 0.338 e. The maximum absolute atomic E-state index is 13.4. The number of carbonyl (C=O) groups is 6. The van der Waals surface area contributed by atoms with Gasteiger partial charge in [0, 0.05) is 0 Å². The number of para-hydroxylation sites is 4. The molecule has 0 saturated heterocycles. The van der Waals surface area contributed by atoms with Gasteiger partial charge in [0.25, 0.3) is 23.6 Å². The summed E-state index contributed by atoms with van der Waals surface area (Å²) in [5.74, 6) is -4.40. The molecule has 0 saturated carbocycles. The summed E-state index contributed by atoms with van der Waals surface area (Å²) in [5, 5.41) is 5.22. The zero-order valence-electron chi connectivity index (χ0n) is 26.4. The second-order valence-corrected chi connectivity index (χ2v) is 10.6. The topological polar surface area (TPSA) is 167 Å². The highest BCUT2D eigenvalue weighted by Crippen LogP contribution is 2.29. The molecule has 1 aliphatic heterocycles. The van der Waals surface area contributed by atoms with E-state index in [9.17, 15) is 28.8 Å². The van der Waals surface area contributed by atoms with Gasteiger partial charge in [-0.1, -0.05) is 38.1 Å². The number of nitrogens with one attached hydrogen (secondary N) is 2. The summed E-state index contributed by atoms with van der Waals surface area (Å²) in [4.78, 5) is 78.4. The van der Waals surface area contributed by atoms with E-state index in [0.717, 1.165) is 4.90 Å². The number of carbonyl (C=O) groups excluding carboxylic acids is 6. The minimum atomic E-state index is -1.36. The highest BCUT2D eigenvalue weighted by atomic mass is 16.5. The Balaban J connectivity index is 1.39. The molecule has 13 nitrogen and oxygen atoms in total. The van der Waals surface area contributed by atoms with Gasteiger partial charge in [-0.05, 0) is 62.2 Å². The van der Waals surface area contributed by atoms with E-state index in [0.29, 0.717) is 36.1 Å². The fourth-order valence-electron chi connectivity index (χ4n) is 4.83. The highest BCUT2D eigenvalue weighted by Gasteiger charge is 2.45. The van der Waals surface area contributed by atoms with E-state index in [-0.39, 0.29) is 16.7 Å². The molecule has 0 aromatic heterocycles. The van der Waals surface area contributed by atoms with Crippen LogP contribution in [0.5, 0.6) is 11.5 Å². The Labute approximate surface area is 271 Å². The number of nitrogens with zero attached hydrogens (tertiary/aromatic N) is 1. The first-order chi connectivity index (χ1) is 22.5. The molecule has 0 radical (unpaired) electrons. The van der Waals surface area contributed by atoms with Gasteiger partial charge in [0.1, 0.15) is 17.5 Å². The fourth-order valence-corrected chi connectivity index (χ4v) is 4.83. The number of anilines is 2. The van der Waals surface area contributed by atoms with Gasteiger partial charge in [-0.3, -0.25) is 24.1 Å². The molecule has 0 fully saturated rings. The van der Waals surface area contributed by atoms with Crippen LogP contribution in [0.15, 0.2) is 66.7 Å². The number of hydrogen-bond donors (Lipinski definition) is 2. The predicted octanol–water partition coefficient (Wildman–Crippen LogP) is 4.08. The molecule has 1 heterocycles. The van der Waals surface area contributed by atoms with Gasteiger partial charge in [0.2, 0.25) is 0 Å². The van der Waals surface area contributed by atoms with Gasteiger partial charge in [-0.25, -0.2) is 9.59 Å². The summed E-state index contributed by atoms with van der Waals surface area (Å²) in [6, 6.07) is 15.9. The lowest BCUT2D eigenvalue weighted by molar-refractivity contribution is -0.152. The average Bonchev–Trinajstić information content (AvgIpc) is 3.29. The van der Waals surface area contributed by atoms with Crippen LogP contribution < -0.4 is 20.1 Å². The number of rotatable bonds is 14. The number of esters is 2. The number of benzene rings is 3. The van der Waals surface area contributed by atoms with Crippen LogP contribution in [0.3, 0.4) is 0 Å². The quantitative estimate of drug-likeness (QED) is 0.193. The third kappa shape index (κ3) is 8.12. The van der Waals surface area contributed by atoms with Gasteiger partial charge in [-0.2, -0.15) is 0 Å². The molecular formula is C34H35N3O10. The Bertz CT molecular complexity index is 1690. The van der Waals surface area contributed by atoms with E-state index in [2.05, 4.69) is 10.6 Å². The SMILES string of the molecule is CCOc1ccccc1NC(=O)COC(=O)c1ccc2c(c1)C(=O)N(C(C(=O)OCC(=O)Nc1ccccc1OCC)C(C)C)C2=O. The molecule has 4 amide bonds. The van der Waals surface area contributed by atoms with Gasteiger partial charge >= 0.3 is 11.9 Å². The van der Waals surface area contributed by atoms with Crippen molar-refractivity contribution in [2.24, 2.45) is 5.92 Å². The molecule has 1 atom stereocenters. The molecule has 4 rings (SSSR count). The third-order valence-electron chi connectivity index (χ3n) is 6.91. The number of amides is 4. The van der Waals surface area contributed by atoms with Crippen LogP contribution in [0, 0.1) is 5.92 Å². The number of imide groups is 1. The molecule has 3 aromatic rings. The molecule has 0 spiro atoms. The first kappa shape index (κ1) is 34.2. The normalized spacial score (nSPS) is 12.7. The van der Waals surface area contributed by atoms with Gasteiger partial charge in [0.05, 0.1) is 41.3 Å². The Hall–Kier alpha value is -5.72. The second kappa shape index (κ2) is 15.5. The van der Waals surface area contributed by atoms with Crippen LogP contribution in [0.2, 0.25) is 0 Å². The van der Waals surface area contributed by atoms with Gasteiger partial charge in [-0.15, -0.1) is 0 Å². The van der Waals surface area contributed by atoms with Crippen molar-refractivity contribution in [3.63, 3.8) is 0 Å². The zero-order chi connectivity index (χ0) is 34.1. The van der Waals surface area contributed by atoms with Gasteiger partial charge in [0.15, 0.2) is 13.2 Å². The van der Waals surface area contributed by atoms with Crippen molar-refractivity contribution in [1.82, 2.24) is 4.90 Å². The Morgan fingerprint density at radius 3 is 1.74 bits per heavy atom. The molecule has 2 N–H and O–H groups in total. The zero-order valence-corrected chi connectivity index (χ0v) is 26.4. The summed E-state index contributed by atoms with van der Waals surface area (Å²) in [5.41, 5.74) is 0.562. The molecule has 246 valence electrons. The van der Waals surface area contributed by atoms with Crippen LogP contribution in [0.4, 0.5) is 11.4 Å². The monoisotopic (exact) mass is 645 g/mol. The van der Waals surface area contributed by atoms with Crippen LogP contribution in [-0.2, 0) is 23.9 Å². The van der Waals surface area contributed by atoms with Gasteiger partial charge < -0.3 is 29.6 Å². The van der Waals surface area contributed by atoms with Crippen molar-refractivity contribution < 1.29 is 47.7 Å². The highest BCUT2D eigenvalue weighted by molar-refractivity contribution is 6.23. The maximum atomic E-state index is 13.4. The lowest BCUT2D eigenvalue weighted by Gasteiger charge is -2.27. The number of hydrogen-bond acceptors (Lipinski definition) is 10. The van der Waals surface area contributed by atoms with Crippen LogP contribution in [0.1, 0.15) is 58.8 Å². The van der Waals surface area contributed by atoms with Crippen molar-refractivity contribution in [3.8, 4) is 11.5 Å². The van der Waals surface area contributed by atoms with Crippen molar-refractivity contribution >= 4 is 46.9 Å². The van der Waals surface area contributed by atoms with Crippen molar-refractivity contribution in [2.75, 3.05) is 37.1 Å². The van der Waals surface area contributed by atoms with Crippen molar-refractivity contribution in [2.45, 2.75) is 33.7 Å². The third-order valence-corrected chi connectivity index (χ3v) is 6.91. The second-order valence-electron chi connectivity index (χ2n) is 10.6. The molecule has 0 bridgehead atoms. The van der Waals surface area contributed by atoms with Crippen LogP contribution >= 0.6 is 0 Å². The lowest BCUT2D eigenvalue weighted by atomic mass is 10.0. The minimum absolute atomic E-state index is 0.0273. The summed E-state index contributed by atoms with van der Waals surface area (Å²) in [6.45, 7) is 6.31. The Morgan fingerprint density at radius 2 is 1.21 bits per heavy atom. The maximum Gasteiger partial charge on any atom is 0.338 e. The van der Waals surface area contributed by atoms with E-state index in [1.807, 2.05) is 0 Å². The first-order valence-corrected chi connectivity index (χ1v) is 14.9. The molecule has 47 heavy (non-hydrogen) atoms. The molecule has 13 heteroatoms. The Morgan fingerprint density at radius 1 is 0.702 bits per heavy atom. The van der Waals surface area contributed by atoms with E-state index in [1.165, 1.54) is 18.2 Å².